The minimum absolute atomic E-state index is 0.0231. The second-order valence-corrected chi connectivity index (χ2v) is 17.8. The lowest BCUT2D eigenvalue weighted by molar-refractivity contribution is -0.133. The van der Waals surface area contributed by atoms with Gasteiger partial charge in [-0.15, -0.1) is 0 Å². The molecule has 13 nitrogen and oxygen atoms in total. The van der Waals surface area contributed by atoms with Gasteiger partial charge >= 0.3 is 6.03 Å². The molecule has 3 aromatic rings. The van der Waals surface area contributed by atoms with E-state index in [4.69, 9.17) is 0 Å². The number of carbonyl (C=O) groups is 6. The Bertz CT molecular complexity index is 1970. The van der Waals surface area contributed by atoms with Crippen LogP contribution in [-0.2, 0) is 14.4 Å². The lowest BCUT2D eigenvalue weighted by Gasteiger charge is -2.40. The summed E-state index contributed by atoms with van der Waals surface area (Å²) in [6.45, 7) is 5.99. The lowest BCUT2D eigenvalue weighted by atomic mass is 9.94. The molecule has 1 unspecified atom stereocenters. The standard InChI is InChI=1S/C50H65N7O6/c1-3-5-7-15-25-51-47(60)44-33-55(27-28-57(44)50(63)52-26-16-8-6-4-2)48(61)36-21-23-37(24-22-36)49(62)56-31-40(45(58)53-42-29-38(42)34-17-11-9-12-18-34)41(32-56)46(59)54-43-30-39(43)35-19-13-10-14-20-35/h9-14,17-24,38-44H,3-8,15-16,25-33H2,1-2H3,(H,51,60)(H,52,63)(H,53,58)(H,54,59)/t38-,39-,40-,41-,42+,43+,44?/m1/s1. The van der Waals surface area contributed by atoms with Crippen LogP contribution in [0.25, 0.3) is 0 Å². The minimum Gasteiger partial charge on any atom is -0.354 e. The number of nitrogens with one attached hydrogen (secondary N) is 4. The first-order valence-electron chi connectivity index (χ1n) is 23.4. The van der Waals surface area contributed by atoms with E-state index in [0.29, 0.717) is 24.2 Å². The maximum Gasteiger partial charge on any atom is 0.318 e. The van der Waals surface area contributed by atoms with Crippen molar-refractivity contribution >= 4 is 35.6 Å². The van der Waals surface area contributed by atoms with E-state index < -0.39 is 17.9 Å². The molecule has 2 heterocycles. The third-order valence-electron chi connectivity index (χ3n) is 13.2. The van der Waals surface area contributed by atoms with Gasteiger partial charge in [-0.25, -0.2) is 4.79 Å². The summed E-state index contributed by atoms with van der Waals surface area (Å²) in [5.41, 5.74) is 3.02. The normalized spacial score (nSPS) is 23.7. The van der Waals surface area contributed by atoms with Crippen molar-refractivity contribution in [1.82, 2.24) is 36.0 Å². The van der Waals surface area contributed by atoms with E-state index in [1.54, 1.807) is 39.0 Å². The van der Waals surface area contributed by atoms with Crippen molar-refractivity contribution in [3.05, 3.63) is 107 Å². The Hall–Kier alpha value is -5.72. The smallest absolute Gasteiger partial charge is 0.318 e. The molecule has 0 spiro atoms. The predicted octanol–water partition coefficient (Wildman–Crippen LogP) is 5.83. The molecular formula is C50H65N7O6. The van der Waals surface area contributed by atoms with E-state index in [2.05, 4.69) is 59.4 Å². The van der Waals surface area contributed by atoms with Gasteiger partial charge in [0.05, 0.1) is 18.4 Å². The summed E-state index contributed by atoms with van der Waals surface area (Å²) in [6, 6.07) is 25.4. The van der Waals surface area contributed by atoms with Crippen LogP contribution in [0.2, 0.25) is 0 Å². The number of piperazine rings is 1. The first kappa shape index (κ1) is 45.3. The number of benzene rings is 3. The van der Waals surface area contributed by atoms with Gasteiger partial charge in [-0.2, -0.15) is 0 Å². The molecule has 4 aliphatic rings. The highest BCUT2D eigenvalue weighted by Crippen LogP contribution is 2.42. The zero-order valence-electron chi connectivity index (χ0n) is 36.9. The molecule has 2 aliphatic heterocycles. The van der Waals surface area contributed by atoms with E-state index in [-0.39, 0.29) is 92.2 Å². The number of amides is 7. The number of rotatable bonds is 19. The monoisotopic (exact) mass is 859 g/mol. The largest absolute Gasteiger partial charge is 0.354 e. The van der Waals surface area contributed by atoms with E-state index in [9.17, 15) is 28.8 Å². The van der Waals surface area contributed by atoms with Crippen LogP contribution in [0, 0.1) is 11.8 Å². The van der Waals surface area contributed by atoms with E-state index in [1.165, 1.54) is 11.1 Å². The van der Waals surface area contributed by atoms with E-state index in [1.807, 2.05) is 36.4 Å². The number of unbranched alkanes of at least 4 members (excludes halogenated alkanes) is 6. The van der Waals surface area contributed by atoms with Crippen molar-refractivity contribution < 1.29 is 28.8 Å². The minimum atomic E-state index is -0.843. The van der Waals surface area contributed by atoms with Crippen molar-refractivity contribution in [2.45, 2.75) is 108 Å². The Morgan fingerprint density at radius 1 is 0.524 bits per heavy atom. The fourth-order valence-electron chi connectivity index (χ4n) is 9.21. The van der Waals surface area contributed by atoms with Crippen molar-refractivity contribution in [2.75, 3.05) is 45.8 Å². The number of carbonyl (C=O) groups excluding carboxylic acids is 6. The van der Waals surface area contributed by atoms with E-state index >= 15 is 0 Å². The Kier molecular flexibility index (Phi) is 15.5. The van der Waals surface area contributed by atoms with Gasteiger partial charge in [0.25, 0.3) is 11.8 Å². The fourth-order valence-corrected chi connectivity index (χ4v) is 9.21. The Labute approximate surface area is 372 Å². The molecule has 2 saturated carbocycles. The molecule has 0 aromatic heterocycles. The van der Waals surface area contributed by atoms with Crippen molar-refractivity contribution in [3.8, 4) is 0 Å². The second kappa shape index (κ2) is 21.6. The molecule has 7 rings (SSSR count). The average Bonchev–Trinajstić information content (AvgIpc) is 4.23. The van der Waals surface area contributed by atoms with Gasteiger partial charge in [-0.05, 0) is 61.1 Å². The fraction of sp³-hybridized carbons (Fsp3) is 0.520. The topological polar surface area (TPSA) is 160 Å². The van der Waals surface area contributed by atoms with Gasteiger partial charge in [-0.1, -0.05) is 113 Å². The van der Waals surface area contributed by atoms with Crippen molar-refractivity contribution in [3.63, 3.8) is 0 Å². The van der Waals surface area contributed by atoms with Crippen molar-refractivity contribution in [1.29, 1.82) is 0 Å². The highest BCUT2D eigenvalue weighted by molar-refractivity contribution is 6.00. The Balaban J connectivity index is 0.988. The summed E-state index contributed by atoms with van der Waals surface area (Å²) < 4.78 is 0. The maximum atomic E-state index is 14.1. The second-order valence-electron chi connectivity index (χ2n) is 17.8. The first-order chi connectivity index (χ1) is 30.7. The van der Waals surface area contributed by atoms with Crippen LogP contribution < -0.4 is 21.3 Å². The van der Waals surface area contributed by atoms with Crippen LogP contribution in [0.4, 0.5) is 4.79 Å². The average molecular weight is 860 g/mol. The van der Waals surface area contributed by atoms with Crippen LogP contribution in [0.15, 0.2) is 84.9 Å². The highest BCUT2D eigenvalue weighted by atomic mass is 16.2. The van der Waals surface area contributed by atoms with Crippen molar-refractivity contribution in [2.24, 2.45) is 11.8 Å². The number of urea groups is 1. The Morgan fingerprint density at radius 3 is 1.49 bits per heavy atom. The van der Waals surface area contributed by atoms with Gasteiger partial charge in [-0.3, -0.25) is 24.0 Å². The maximum absolute atomic E-state index is 14.1. The molecule has 63 heavy (non-hydrogen) atoms. The van der Waals surface area contributed by atoms with Crippen LogP contribution in [0.3, 0.4) is 0 Å². The van der Waals surface area contributed by atoms with Crippen LogP contribution in [-0.4, -0.2) is 114 Å². The third kappa shape index (κ3) is 11.7. The zero-order chi connectivity index (χ0) is 44.3. The molecule has 0 radical (unpaired) electrons. The predicted molar refractivity (Wildman–Crippen MR) is 242 cm³/mol. The molecule has 2 saturated heterocycles. The summed E-state index contributed by atoms with van der Waals surface area (Å²) >= 11 is 0. The molecule has 7 atom stereocenters. The van der Waals surface area contributed by atoms with Gasteiger partial charge < -0.3 is 36.0 Å². The molecule has 4 N–H and O–H groups in total. The van der Waals surface area contributed by atoms with Crippen LogP contribution >= 0.6 is 0 Å². The molecule has 0 bridgehead atoms. The number of likely N-dealkylation sites (tertiary alicyclic amines) is 1. The molecule has 7 amide bonds. The summed E-state index contributed by atoms with van der Waals surface area (Å²) in [7, 11) is 0. The van der Waals surface area contributed by atoms with Gasteiger partial charge in [0, 0.05) is 74.3 Å². The molecule has 4 fully saturated rings. The van der Waals surface area contributed by atoms with Crippen LogP contribution in [0.5, 0.6) is 0 Å². The molecule has 13 heteroatoms. The number of nitrogens with zero attached hydrogens (tertiary/aromatic N) is 3. The number of hydrogen-bond acceptors (Lipinski definition) is 6. The highest BCUT2D eigenvalue weighted by Gasteiger charge is 2.49. The lowest BCUT2D eigenvalue weighted by Crippen LogP contribution is -2.63. The first-order valence-corrected chi connectivity index (χ1v) is 23.4. The molecule has 336 valence electrons. The molecule has 2 aliphatic carbocycles. The van der Waals surface area contributed by atoms with Crippen LogP contribution in [0.1, 0.15) is 122 Å². The van der Waals surface area contributed by atoms with E-state index in [0.717, 1.165) is 64.2 Å². The quantitative estimate of drug-likeness (QED) is 0.111. The summed E-state index contributed by atoms with van der Waals surface area (Å²) in [5, 5.41) is 12.3. The summed E-state index contributed by atoms with van der Waals surface area (Å²) in [6.07, 6.45) is 9.73. The number of hydrogen-bond donors (Lipinski definition) is 4. The summed E-state index contributed by atoms with van der Waals surface area (Å²) in [5.74, 6) is -2.35. The third-order valence-corrected chi connectivity index (χ3v) is 13.2. The zero-order valence-corrected chi connectivity index (χ0v) is 36.9. The SMILES string of the molecule is CCCCCCNC(=O)C1CN(C(=O)c2ccc(C(=O)N3C[C@@H](C(=O)N[C@H]4C[C@@H]4c4ccccc4)[C@H](C(=O)N[C@H]4C[C@@H]4c4ccccc4)C3)cc2)CCN1C(=O)NCCCCCC. The van der Waals surface area contributed by atoms with Gasteiger partial charge in [0.15, 0.2) is 0 Å². The molecule has 3 aromatic carbocycles. The van der Waals surface area contributed by atoms with Gasteiger partial charge in [0.2, 0.25) is 17.7 Å². The molecular weight excluding hydrogens is 795 g/mol. The summed E-state index contributed by atoms with van der Waals surface area (Å²) in [4.78, 5) is 87.4. The Morgan fingerprint density at radius 2 is 1.00 bits per heavy atom. The van der Waals surface area contributed by atoms with Gasteiger partial charge in [0.1, 0.15) is 6.04 Å².